The maximum atomic E-state index is 9.63. The Balaban J connectivity index is 2.28. The van der Waals surface area contributed by atoms with Gasteiger partial charge in [0.25, 0.3) is 0 Å². The molecule has 16 heavy (non-hydrogen) atoms. The molecule has 1 aromatic rings. The number of fused-ring (bicyclic) bond motifs is 1. The Morgan fingerprint density at radius 2 is 2.31 bits per heavy atom. The third-order valence-corrected chi connectivity index (χ3v) is 3.95. The molecule has 1 N–H and O–H groups in total. The molecule has 1 aromatic carbocycles. The summed E-state index contributed by atoms with van der Waals surface area (Å²) in [5.41, 5.74) is 2.46. The summed E-state index contributed by atoms with van der Waals surface area (Å²) >= 11 is 3.44. The van der Waals surface area contributed by atoms with Crippen LogP contribution in [0.25, 0.3) is 0 Å². The Kier molecular flexibility index (Phi) is 3.84. The van der Waals surface area contributed by atoms with Crippen LogP contribution in [0.3, 0.4) is 0 Å². The van der Waals surface area contributed by atoms with Gasteiger partial charge >= 0.3 is 0 Å². The smallest absolute Gasteiger partial charge is 0.130 e. The molecule has 0 aromatic heterocycles. The molecule has 0 amide bonds. The van der Waals surface area contributed by atoms with Crippen LogP contribution in [-0.2, 0) is 16.2 Å². The predicted octanol–water partition coefficient (Wildman–Crippen LogP) is 3.15. The zero-order valence-corrected chi connectivity index (χ0v) is 10.8. The van der Waals surface area contributed by atoms with Gasteiger partial charge in [0.05, 0.1) is 18.2 Å². The Morgan fingerprint density at radius 3 is 3.06 bits per heavy atom. The fourth-order valence-corrected chi connectivity index (χ4v) is 2.82. The first kappa shape index (κ1) is 11.9. The number of phenols is 1. The lowest BCUT2D eigenvalue weighted by atomic mass is 9.83. The highest BCUT2D eigenvalue weighted by molar-refractivity contribution is 9.10. The molecule has 0 radical (unpaired) electrons. The summed E-state index contributed by atoms with van der Waals surface area (Å²) in [7, 11) is 1.52. The number of hydrogen-bond acceptors (Lipinski definition) is 3. The number of phenolic OH excluding ortho intramolecular Hbond substituents is 1. The largest absolute Gasteiger partial charge is 0.507 e. The van der Waals surface area contributed by atoms with E-state index in [9.17, 15) is 5.11 Å². The molecule has 1 unspecified atom stereocenters. The van der Waals surface area contributed by atoms with Crippen LogP contribution >= 0.6 is 15.9 Å². The highest BCUT2D eigenvalue weighted by Crippen LogP contribution is 2.39. The fourth-order valence-electron chi connectivity index (χ4n) is 2.26. The lowest BCUT2D eigenvalue weighted by Crippen LogP contribution is -2.15. The summed E-state index contributed by atoms with van der Waals surface area (Å²) in [4.78, 5) is 9.67. The van der Waals surface area contributed by atoms with Gasteiger partial charge in [-0.1, -0.05) is 6.07 Å². The Hall–Kier alpha value is -0.580. The topological polar surface area (TPSA) is 38.7 Å². The standard InChI is InChI=1S/C12H15BrO3/c1-15-16-7-8-3-2-4-10-9(8)5-6-11(14)12(10)13/h5-6,8,14H,2-4,7H2,1H3. The normalized spacial score (nSPS) is 19.5. The highest BCUT2D eigenvalue weighted by Gasteiger charge is 2.23. The van der Waals surface area contributed by atoms with Gasteiger partial charge in [-0.15, -0.1) is 0 Å². The molecule has 1 atom stereocenters. The summed E-state index contributed by atoms with van der Waals surface area (Å²) < 4.78 is 0.826. The zero-order chi connectivity index (χ0) is 11.5. The molecular formula is C12H15BrO3. The molecule has 88 valence electrons. The van der Waals surface area contributed by atoms with Crippen molar-refractivity contribution in [2.24, 2.45) is 0 Å². The maximum absolute atomic E-state index is 9.63. The molecule has 0 heterocycles. The Morgan fingerprint density at radius 1 is 1.50 bits per heavy atom. The van der Waals surface area contributed by atoms with Crippen molar-refractivity contribution in [2.75, 3.05) is 13.7 Å². The zero-order valence-electron chi connectivity index (χ0n) is 9.20. The van der Waals surface area contributed by atoms with E-state index in [2.05, 4.69) is 20.8 Å². The molecule has 1 aliphatic rings. The minimum Gasteiger partial charge on any atom is -0.507 e. The van der Waals surface area contributed by atoms with E-state index >= 15 is 0 Å². The average molecular weight is 287 g/mol. The van der Waals surface area contributed by atoms with Gasteiger partial charge in [-0.25, -0.2) is 9.78 Å². The van der Waals surface area contributed by atoms with Gasteiger partial charge in [0.1, 0.15) is 5.75 Å². The van der Waals surface area contributed by atoms with Gasteiger partial charge in [0, 0.05) is 5.92 Å². The van der Waals surface area contributed by atoms with Crippen molar-refractivity contribution in [3.8, 4) is 5.75 Å². The van der Waals surface area contributed by atoms with Crippen LogP contribution in [0.2, 0.25) is 0 Å². The van der Waals surface area contributed by atoms with Gasteiger partial charge in [-0.3, -0.25) is 0 Å². The van der Waals surface area contributed by atoms with Crippen molar-refractivity contribution in [1.82, 2.24) is 0 Å². The van der Waals surface area contributed by atoms with E-state index in [1.165, 1.54) is 18.2 Å². The second kappa shape index (κ2) is 5.17. The summed E-state index contributed by atoms with van der Waals surface area (Å²) in [5, 5.41) is 9.63. The SMILES string of the molecule is COOCC1CCCc2c1ccc(O)c2Br. The minimum atomic E-state index is 0.312. The fraction of sp³-hybridized carbons (Fsp3) is 0.500. The lowest BCUT2D eigenvalue weighted by molar-refractivity contribution is -0.275. The molecular weight excluding hydrogens is 272 g/mol. The first-order chi connectivity index (χ1) is 7.74. The molecule has 0 fully saturated rings. The van der Waals surface area contributed by atoms with E-state index in [1.54, 1.807) is 6.07 Å². The predicted molar refractivity (Wildman–Crippen MR) is 64.4 cm³/mol. The van der Waals surface area contributed by atoms with Crippen LogP contribution in [0.15, 0.2) is 16.6 Å². The van der Waals surface area contributed by atoms with Crippen molar-refractivity contribution in [3.05, 3.63) is 27.7 Å². The van der Waals surface area contributed by atoms with Crippen LogP contribution in [0, 0.1) is 0 Å². The van der Waals surface area contributed by atoms with Crippen molar-refractivity contribution in [3.63, 3.8) is 0 Å². The third kappa shape index (κ3) is 2.24. The molecule has 2 rings (SSSR count). The van der Waals surface area contributed by atoms with Gasteiger partial charge in [0.2, 0.25) is 0 Å². The van der Waals surface area contributed by atoms with Crippen molar-refractivity contribution in [1.29, 1.82) is 0 Å². The van der Waals surface area contributed by atoms with E-state index in [0.717, 1.165) is 23.7 Å². The lowest BCUT2D eigenvalue weighted by Gasteiger charge is -2.25. The molecule has 3 nitrogen and oxygen atoms in total. The van der Waals surface area contributed by atoms with Crippen LogP contribution in [0.5, 0.6) is 5.75 Å². The van der Waals surface area contributed by atoms with Gasteiger partial charge in [-0.05, 0) is 52.4 Å². The first-order valence-corrected chi connectivity index (χ1v) is 6.19. The van der Waals surface area contributed by atoms with Crippen molar-refractivity contribution in [2.45, 2.75) is 25.2 Å². The molecule has 0 aliphatic heterocycles. The van der Waals surface area contributed by atoms with E-state index in [-0.39, 0.29) is 0 Å². The van der Waals surface area contributed by atoms with Crippen LogP contribution < -0.4 is 0 Å². The Bertz CT molecular complexity index is 379. The highest BCUT2D eigenvalue weighted by atomic mass is 79.9. The second-order valence-corrected chi connectivity index (χ2v) is 4.80. The number of hydrogen-bond donors (Lipinski definition) is 1. The second-order valence-electron chi connectivity index (χ2n) is 4.01. The number of aromatic hydroxyl groups is 1. The summed E-state index contributed by atoms with van der Waals surface area (Å²) in [6.07, 6.45) is 3.23. The number of halogens is 1. The van der Waals surface area contributed by atoms with E-state index in [4.69, 9.17) is 4.89 Å². The van der Waals surface area contributed by atoms with E-state index in [1.807, 2.05) is 6.07 Å². The van der Waals surface area contributed by atoms with Gasteiger partial charge in [-0.2, -0.15) is 0 Å². The van der Waals surface area contributed by atoms with Crippen LogP contribution in [-0.4, -0.2) is 18.8 Å². The molecule has 1 aliphatic carbocycles. The van der Waals surface area contributed by atoms with Gasteiger partial charge < -0.3 is 5.11 Å². The molecule has 0 saturated carbocycles. The molecule has 0 saturated heterocycles. The monoisotopic (exact) mass is 286 g/mol. The Labute approximate surface area is 103 Å². The summed E-state index contributed by atoms with van der Waals surface area (Å²) in [6.45, 7) is 0.570. The molecule has 0 spiro atoms. The first-order valence-electron chi connectivity index (χ1n) is 5.40. The van der Waals surface area contributed by atoms with Gasteiger partial charge in [0.15, 0.2) is 0 Å². The van der Waals surface area contributed by atoms with E-state index in [0.29, 0.717) is 18.3 Å². The average Bonchev–Trinajstić information content (AvgIpc) is 2.31. The molecule has 4 heteroatoms. The summed E-state index contributed by atoms with van der Waals surface area (Å²) in [6, 6.07) is 3.71. The van der Waals surface area contributed by atoms with Crippen LogP contribution in [0.4, 0.5) is 0 Å². The van der Waals surface area contributed by atoms with E-state index < -0.39 is 0 Å². The van der Waals surface area contributed by atoms with Crippen molar-refractivity contribution >= 4 is 15.9 Å². The summed E-state index contributed by atoms with van der Waals surface area (Å²) in [5.74, 6) is 0.674. The number of rotatable bonds is 3. The quantitative estimate of drug-likeness (QED) is 0.685. The molecule has 0 bridgehead atoms. The van der Waals surface area contributed by atoms with Crippen LogP contribution in [0.1, 0.15) is 29.9 Å². The third-order valence-electron chi connectivity index (χ3n) is 3.07. The minimum absolute atomic E-state index is 0.312. The maximum Gasteiger partial charge on any atom is 0.130 e. The number of benzene rings is 1. The van der Waals surface area contributed by atoms with Crippen molar-refractivity contribution < 1.29 is 14.9 Å².